The lowest BCUT2D eigenvalue weighted by Crippen LogP contribution is -2.07. The fraction of sp³-hybridized carbons (Fsp3) is 0.364. The van der Waals surface area contributed by atoms with Crippen LogP contribution >= 0.6 is 11.8 Å². The number of nitrogens with zero attached hydrogens (tertiary/aromatic N) is 1. The number of rotatable bonds is 7. The topological polar surface area (TPSA) is 92.5 Å². The number of nitro groups is 1. The van der Waals surface area contributed by atoms with Crippen molar-refractivity contribution in [2.45, 2.75) is 6.92 Å². The molecular formula is C11H14N2O4S. The van der Waals surface area contributed by atoms with Crippen LogP contribution < -0.4 is 5.32 Å². The van der Waals surface area contributed by atoms with Gasteiger partial charge in [0.15, 0.2) is 0 Å². The molecule has 1 rings (SSSR count). The summed E-state index contributed by atoms with van der Waals surface area (Å²) in [6.07, 6.45) is 0. The highest BCUT2D eigenvalue weighted by atomic mass is 32.2. The number of nitrogens with one attached hydrogen (secondary N) is 1. The molecule has 0 aliphatic rings. The summed E-state index contributed by atoms with van der Waals surface area (Å²) in [4.78, 5) is 21.0. The molecule has 6 nitrogen and oxygen atoms in total. The molecule has 2 N–H and O–H groups in total. The van der Waals surface area contributed by atoms with E-state index in [2.05, 4.69) is 5.32 Å². The predicted molar refractivity (Wildman–Crippen MR) is 71.5 cm³/mol. The van der Waals surface area contributed by atoms with Gasteiger partial charge in [-0.3, -0.25) is 10.1 Å². The molecule has 0 saturated heterocycles. The Morgan fingerprint density at radius 2 is 2.28 bits per heavy atom. The minimum Gasteiger partial charge on any atom is -0.478 e. The Balaban J connectivity index is 2.83. The number of carbonyl (C=O) groups is 1. The molecule has 0 bridgehead atoms. The molecule has 0 aliphatic carbocycles. The number of benzene rings is 1. The first kappa shape index (κ1) is 14.3. The van der Waals surface area contributed by atoms with Gasteiger partial charge in [-0.05, 0) is 17.9 Å². The number of carboxylic acid groups (broad SMARTS) is 1. The molecule has 1 aromatic carbocycles. The number of thioether (sulfide) groups is 1. The fourth-order valence-electron chi connectivity index (χ4n) is 1.37. The minimum absolute atomic E-state index is 0.0878. The quantitative estimate of drug-likeness (QED) is 0.449. The first-order valence-corrected chi connectivity index (χ1v) is 6.55. The smallest absolute Gasteiger partial charge is 0.335 e. The third-order valence-electron chi connectivity index (χ3n) is 2.21. The van der Waals surface area contributed by atoms with Crippen molar-refractivity contribution in [3.63, 3.8) is 0 Å². The molecule has 0 radical (unpaired) electrons. The van der Waals surface area contributed by atoms with Crippen LogP contribution in [-0.4, -0.2) is 34.0 Å². The Morgan fingerprint density at radius 3 is 2.83 bits per heavy atom. The Morgan fingerprint density at radius 1 is 1.56 bits per heavy atom. The van der Waals surface area contributed by atoms with Crippen molar-refractivity contribution in [3.05, 3.63) is 33.9 Å². The van der Waals surface area contributed by atoms with Crippen molar-refractivity contribution in [1.82, 2.24) is 0 Å². The van der Waals surface area contributed by atoms with Gasteiger partial charge in [0.1, 0.15) is 5.69 Å². The maximum Gasteiger partial charge on any atom is 0.335 e. The highest BCUT2D eigenvalue weighted by Crippen LogP contribution is 2.25. The van der Waals surface area contributed by atoms with Crippen LogP contribution in [0.1, 0.15) is 17.3 Å². The zero-order chi connectivity index (χ0) is 13.5. The molecule has 0 atom stereocenters. The first-order valence-electron chi connectivity index (χ1n) is 5.39. The third-order valence-corrected chi connectivity index (χ3v) is 3.11. The van der Waals surface area contributed by atoms with Gasteiger partial charge in [0.05, 0.1) is 10.5 Å². The highest BCUT2D eigenvalue weighted by molar-refractivity contribution is 7.99. The van der Waals surface area contributed by atoms with Crippen LogP contribution in [0.4, 0.5) is 11.4 Å². The summed E-state index contributed by atoms with van der Waals surface area (Å²) in [5, 5.41) is 22.6. The summed E-state index contributed by atoms with van der Waals surface area (Å²) in [7, 11) is 0. The SMILES string of the molecule is CCSCCNc1ccc(C(=O)O)cc1[N+](=O)[O-]. The summed E-state index contributed by atoms with van der Waals surface area (Å²) in [6.45, 7) is 2.64. The van der Waals surface area contributed by atoms with Crippen LogP contribution in [0.25, 0.3) is 0 Å². The van der Waals surface area contributed by atoms with Gasteiger partial charge in [0.25, 0.3) is 5.69 Å². The van der Waals surface area contributed by atoms with Gasteiger partial charge in [-0.25, -0.2) is 4.79 Å². The standard InChI is InChI=1S/C11H14N2O4S/c1-2-18-6-5-12-9-4-3-8(11(14)15)7-10(9)13(16)17/h3-4,7,12H,2,5-6H2,1H3,(H,14,15). The number of aromatic carboxylic acids is 1. The molecular weight excluding hydrogens is 256 g/mol. The van der Waals surface area contributed by atoms with Crippen LogP contribution in [0, 0.1) is 10.1 Å². The third kappa shape index (κ3) is 3.92. The van der Waals surface area contributed by atoms with Crippen LogP contribution in [-0.2, 0) is 0 Å². The van der Waals surface area contributed by atoms with Crippen molar-refractivity contribution in [1.29, 1.82) is 0 Å². The average Bonchev–Trinajstić information content (AvgIpc) is 2.34. The van der Waals surface area contributed by atoms with Crippen LogP contribution in [0.2, 0.25) is 0 Å². The van der Waals surface area contributed by atoms with Crippen molar-refractivity contribution in [2.24, 2.45) is 0 Å². The second-order valence-corrected chi connectivity index (χ2v) is 4.81. The maximum atomic E-state index is 10.9. The van der Waals surface area contributed by atoms with E-state index in [9.17, 15) is 14.9 Å². The van der Waals surface area contributed by atoms with Gasteiger partial charge >= 0.3 is 5.97 Å². The number of carboxylic acids is 1. The van der Waals surface area contributed by atoms with Gasteiger partial charge in [0, 0.05) is 18.4 Å². The van der Waals surface area contributed by atoms with Gasteiger partial charge in [-0.2, -0.15) is 11.8 Å². The molecule has 0 fully saturated rings. The molecule has 0 heterocycles. The number of nitro benzene ring substituents is 1. The second-order valence-electron chi connectivity index (χ2n) is 3.42. The minimum atomic E-state index is -1.17. The normalized spacial score (nSPS) is 10.1. The van der Waals surface area contributed by atoms with Crippen LogP contribution in [0.5, 0.6) is 0 Å². The molecule has 0 amide bonds. The monoisotopic (exact) mass is 270 g/mol. The van der Waals surface area contributed by atoms with E-state index in [1.807, 2.05) is 6.92 Å². The average molecular weight is 270 g/mol. The lowest BCUT2D eigenvalue weighted by molar-refractivity contribution is -0.384. The van der Waals surface area contributed by atoms with E-state index in [1.165, 1.54) is 12.1 Å². The van der Waals surface area contributed by atoms with Crippen molar-refractivity contribution >= 4 is 29.1 Å². The van der Waals surface area contributed by atoms with Crippen molar-refractivity contribution in [3.8, 4) is 0 Å². The molecule has 0 aromatic heterocycles. The number of hydrogen-bond acceptors (Lipinski definition) is 5. The summed E-state index contributed by atoms with van der Waals surface area (Å²) < 4.78 is 0. The molecule has 1 aromatic rings. The van der Waals surface area contributed by atoms with Gasteiger partial charge in [0.2, 0.25) is 0 Å². The number of anilines is 1. The molecule has 7 heteroatoms. The largest absolute Gasteiger partial charge is 0.478 e. The Bertz CT molecular complexity index is 451. The summed E-state index contributed by atoms with van der Waals surface area (Å²) in [5.74, 6) is 0.655. The molecule has 0 spiro atoms. The van der Waals surface area contributed by atoms with E-state index in [-0.39, 0.29) is 11.3 Å². The van der Waals surface area contributed by atoms with Gasteiger partial charge in [-0.1, -0.05) is 6.92 Å². The zero-order valence-electron chi connectivity index (χ0n) is 9.88. The lowest BCUT2D eigenvalue weighted by Gasteiger charge is -2.07. The lowest BCUT2D eigenvalue weighted by atomic mass is 10.1. The molecule has 0 aliphatic heterocycles. The summed E-state index contributed by atoms with van der Waals surface area (Å²) in [6, 6.07) is 3.85. The van der Waals surface area contributed by atoms with Gasteiger partial charge in [-0.15, -0.1) is 0 Å². The van der Waals surface area contributed by atoms with E-state index in [0.717, 1.165) is 17.6 Å². The molecule has 0 unspecified atom stereocenters. The number of hydrogen-bond donors (Lipinski definition) is 2. The second kappa shape index (κ2) is 6.85. The van der Waals surface area contributed by atoms with Crippen LogP contribution in [0.3, 0.4) is 0 Å². The van der Waals surface area contributed by atoms with E-state index in [0.29, 0.717) is 12.2 Å². The van der Waals surface area contributed by atoms with Crippen molar-refractivity contribution in [2.75, 3.05) is 23.4 Å². The van der Waals surface area contributed by atoms with Crippen LogP contribution in [0.15, 0.2) is 18.2 Å². The predicted octanol–water partition coefficient (Wildman–Crippen LogP) is 2.46. The molecule has 18 heavy (non-hydrogen) atoms. The van der Waals surface area contributed by atoms with E-state index in [1.54, 1.807) is 11.8 Å². The first-order chi connectivity index (χ1) is 8.56. The summed E-state index contributed by atoms with van der Waals surface area (Å²) >= 11 is 1.72. The van der Waals surface area contributed by atoms with E-state index >= 15 is 0 Å². The fourth-order valence-corrected chi connectivity index (χ4v) is 1.90. The molecule has 0 saturated carbocycles. The van der Waals surface area contributed by atoms with E-state index < -0.39 is 10.9 Å². The van der Waals surface area contributed by atoms with Gasteiger partial charge < -0.3 is 10.4 Å². The highest BCUT2D eigenvalue weighted by Gasteiger charge is 2.16. The Hall–Kier alpha value is -1.76. The van der Waals surface area contributed by atoms with Crippen molar-refractivity contribution < 1.29 is 14.8 Å². The Kier molecular flexibility index (Phi) is 5.44. The zero-order valence-corrected chi connectivity index (χ0v) is 10.7. The molecule has 98 valence electrons. The Labute approximate surface area is 109 Å². The summed E-state index contributed by atoms with van der Waals surface area (Å²) in [5.41, 5.74) is 0.0493. The maximum absolute atomic E-state index is 10.9. The van der Waals surface area contributed by atoms with E-state index in [4.69, 9.17) is 5.11 Å².